The Labute approximate surface area is 141 Å². The Morgan fingerprint density at radius 3 is 2.52 bits per heavy atom. The van der Waals surface area contributed by atoms with E-state index in [1.165, 1.54) is 0 Å². The molecule has 2 heterocycles. The molecule has 114 valence electrons. The predicted molar refractivity (Wildman–Crippen MR) is 95.6 cm³/mol. The van der Waals surface area contributed by atoms with Crippen LogP contribution in [0.2, 0.25) is 0 Å². The molecule has 0 aliphatic rings. The Morgan fingerprint density at radius 2 is 1.83 bits per heavy atom. The van der Waals surface area contributed by atoms with Crippen molar-refractivity contribution in [2.75, 3.05) is 0 Å². The highest BCUT2D eigenvalue weighted by Crippen LogP contribution is 2.33. The zero-order chi connectivity index (χ0) is 16.1. The number of nitrogens with zero attached hydrogens (tertiary/aromatic N) is 3. The second-order valence-electron chi connectivity index (χ2n) is 5.70. The van der Waals surface area contributed by atoms with E-state index in [2.05, 4.69) is 15.9 Å². The summed E-state index contributed by atoms with van der Waals surface area (Å²) in [6.45, 7) is 3.51. The molecule has 0 fully saturated rings. The number of para-hydroxylation sites is 2. The van der Waals surface area contributed by atoms with Gasteiger partial charge in [-0.25, -0.2) is 9.97 Å². The van der Waals surface area contributed by atoms with E-state index in [1.54, 1.807) is 6.92 Å². The summed E-state index contributed by atoms with van der Waals surface area (Å²) in [5.74, 6) is 0.0988. The Kier molecular flexibility index (Phi) is 3.20. The van der Waals surface area contributed by atoms with E-state index in [0.717, 1.165) is 37.6 Å². The zero-order valence-electron chi connectivity index (χ0n) is 12.7. The lowest BCUT2D eigenvalue weighted by Gasteiger charge is -2.12. The van der Waals surface area contributed by atoms with Crippen molar-refractivity contribution in [2.24, 2.45) is 0 Å². The van der Waals surface area contributed by atoms with E-state index in [-0.39, 0.29) is 11.8 Å². The lowest BCUT2D eigenvalue weighted by molar-refractivity contribution is -0.119. The van der Waals surface area contributed by atoms with Crippen LogP contribution in [0, 0.1) is 0 Å². The smallest absolute Gasteiger partial charge is 0.161 e. The Hall–Kier alpha value is -2.27. The molecule has 0 saturated heterocycles. The van der Waals surface area contributed by atoms with Crippen molar-refractivity contribution in [1.29, 1.82) is 0 Å². The third kappa shape index (κ3) is 2.15. The summed E-state index contributed by atoms with van der Waals surface area (Å²) in [5.41, 5.74) is 4.24. The second kappa shape index (κ2) is 5.13. The maximum atomic E-state index is 12.0. The van der Waals surface area contributed by atoms with Crippen LogP contribution in [-0.4, -0.2) is 20.3 Å². The largest absolute Gasteiger partial charge is 0.314 e. The van der Waals surface area contributed by atoms with Gasteiger partial charge in [0.15, 0.2) is 11.4 Å². The number of aromatic nitrogens is 3. The Balaban J connectivity index is 2.23. The van der Waals surface area contributed by atoms with Gasteiger partial charge >= 0.3 is 0 Å². The standard InChI is InChI=1S/C18H14BrN3O/c1-10(11(2)23)22-16-8-7-12(19)9-13(16)17-18(22)21-15-6-4-3-5-14(15)20-17/h3-10H,1-2H3/t10-/m0/s1. The summed E-state index contributed by atoms with van der Waals surface area (Å²) in [4.78, 5) is 21.6. The number of hydrogen-bond donors (Lipinski definition) is 0. The number of halogens is 1. The van der Waals surface area contributed by atoms with E-state index in [1.807, 2.05) is 54.0 Å². The van der Waals surface area contributed by atoms with Gasteiger partial charge in [0.05, 0.1) is 22.6 Å². The first-order valence-electron chi connectivity index (χ1n) is 7.42. The highest BCUT2D eigenvalue weighted by atomic mass is 79.9. The maximum Gasteiger partial charge on any atom is 0.161 e. The molecule has 4 rings (SSSR count). The van der Waals surface area contributed by atoms with Crippen LogP contribution in [0.25, 0.3) is 33.1 Å². The van der Waals surface area contributed by atoms with E-state index in [9.17, 15) is 4.79 Å². The number of ketones is 1. The maximum absolute atomic E-state index is 12.0. The SMILES string of the molecule is CC(=O)[C@H](C)n1c2ccc(Br)cc2c2nc3ccccc3nc21. The topological polar surface area (TPSA) is 47.8 Å². The number of carbonyl (C=O) groups is 1. The molecular weight excluding hydrogens is 354 g/mol. The van der Waals surface area contributed by atoms with E-state index in [4.69, 9.17) is 9.97 Å². The molecule has 0 unspecified atom stereocenters. The van der Waals surface area contributed by atoms with Gasteiger partial charge in [-0.2, -0.15) is 0 Å². The monoisotopic (exact) mass is 367 g/mol. The Morgan fingerprint density at radius 1 is 1.13 bits per heavy atom. The first-order chi connectivity index (χ1) is 11.1. The van der Waals surface area contributed by atoms with Gasteiger partial charge < -0.3 is 4.57 Å². The third-order valence-corrected chi connectivity index (χ3v) is 4.72. The van der Waals surface area contributed by atoms with Crippen LogP contribution in [0.1, 0.15) is 19.9 Å². The highest BCUT2D eigenvalue weighted by Gasteiger charge is 2.20. The molecule has 2 aromatic heterocycles. The molecular formula is C18H14BrN3O. The molecule has 0 aliphatic carbocycles. The molecule has 1 atom stereocenters. The number of fused-ring (bicyclic) bond motifs is 4. The minimum absolute atomic E-state index is 0.0988. The molecule has 0 spiro atoms. The third-order valence-electron chi connectivity index (χ3n) is 4.23. The van der Waals surface area contributed by atoms with Gasteiger partial charge in [0.25, 0.3) is 0 Å². The van der Waals surface area contributed by atoms with Gasteiger partial charge in [0.1, 0.15) is 5.52 Å². The molecule has 23 heavy (non-hydrogen) atoms. The molecule has 0 amide bonds. The van der Waals surface area contributed by atoms with Crippen molar-refractivity contribution < 1.29 is 4.79 Å². The number of Topliss-reactive ketones (excluding diaryl/α,β-unsaturated/α-hetero) is 1. The first-order valence-corrected chi connectivity index (χ1v) is 8.22. The molecule has 4 aromatic rings. The molecule has 4 nitrogen and oxygen atoms in total. The molecule has 0 radical (unpaired) electrons. The minimum atomic E-state index is -0.286. The van der Waals surface area contributed by atoms with Crippen LogP contribution in [0.4, 0.5) is 0 Å². The van der Waals surface area contributed by atoms with E-state index < -0.39 is 0 Å². The van der Waals surface area contributed by atoms with Crippen LogP contribution in [0.5, 0.6) is 0 Å². The summed E-state index contributed by atoms with van der Waals surface area (Å²) in [7, 11) is 0. The first kappa shape index (κ1) is 14.3. The quantitative estimate of drug-likeness (QED) is 0.518. The van der Waals surface area contributed by atoms with Crippen LogP contribution < -0.4 is 0 Å². The van der Waals surface area contributed by atoms with Crippen molar-refractivity contribution in [2.45, 2.75) is 19.9 Å². The highest BCUT2D eigenvalue weighted by molar-refractivity contribution is 9.10. The molecule has 0 bridgehead atoms. The average molecular weight is 368 g/mol. The van der Waals surface area contributed by atoms with Crippen LogP contribution >= 0.6 is 15.9 Å². The van der Waals surface area contributed by atoms with Crippen LogP contribution in [-0.2, 0) is 4.79 Å². The van der Waals surface area contributed by atoms with Gasteiger partial charge in [-0.05, 0) is 44.2 Å². The second-order valence-corrected chi connectivity index (χ2v) is 6.62. The summed E-state index contributed by atoms with van der Waals surface area (Å²) in [6.07, 6.45) is 0. The predicted octanol–water partition coefficient (Wildman–Crippen LogP) is 4.65. The van der Waals surface area contributed by atoms with Gasteiger partial charge in [-0.1, -0.05) is 28.1 Å². The number of hydrogen-bond acceptors (Lipinski definition) is 3. The fourth-order valence-electron chi connectivity index (χ4n) is 2.94. The molecule has 2 aromatic carbocycles. The van der Waals surface area contributed by atoms with Crippen LogP contribution in [0.15, 0.2) is 46.9 Å². The van der Waals surface area contributed by atoms with Crippen molar-refractivity contribution in [3.8, 4) is 0 Å². The average Bonchev–Trinajstić information content (AvgIpc) is 2.84. The fraction of sp³-hybridized carbons (Fsp3) is 0.167. The van der Waals surface area contributed by atoms with Crippen molar-refractivity contribution in [1.82, 2.24) is 14.5 Å². The van der Waals surface area contributed by atoms with Crippen molar-refractivity contribution in [3.05, 3.63) is 46.9 Å². The number of benzene rings is 2. The lowest BCUT2D eigenvalue weighted by Crippen LogP contribution is -2.13. The van der Waals surface area contributed by atoms with Gasteiger partial charge in [0, 0.05) is 9.86 Å². The fourth-order valence-corrected chi connectivity index (χ4v) is 3.30. The molecule has 0 N–H and O–H groups in total. The van der Waals surface area contributed by atoms with Crippen molar-refractivity contribution in [3.63, 3.8) is 0 Å². The molecule has 0 aliphatic heterocycles. The summed E-state index contributed by atoms with van der Waals surface area (Å²) < 4.78 is 2.97. The zero-order valence-corrected chi connectivity index (χ0v) is 14.3. The van der Waals surface area contributed by atoms with Crippen LogP contribution in [0.3, 0.4) is 0 Å². The van der Waals surface area contributed by atoms with Gasteiger partial charge in [-0.15, -0.1) is 0 Å². The van der Waals surface area contributed by atoms with E-state index in [0.29, 0.717) is 0 Å². The summed E-state index contributed by atoms with van der Waals surface area (Å²) in [5, 5.41) is 1.00. The number of rotatable bonds is 2. The van der Waals surface area contributed by atoms with E-state index >= 15 is 0 Å². The van der Waals surface area contributed by atoms with Gasteiger partial charge in [0.2, 0.25) is 0 Å². The van der Waals surface area contributed by atoms with Crippen molar-refractivity contribution >= 4 is 54.8 Å². The summed E-state index contributed by atoms with van der Waals surface area (Å²) >= 11 is 3.52. The lowest BCUT2D eigenvalue weighted by atomic mass is 10.2. The Bertz CT molecular complexity index is 1080. The molecule has 5 heteroatoms. The summed E-state index contributed by atoms with van der Waals surface area (Å²) in [6, 6.07) is 13.5. The number of carbonyl (C=O) groups excluding carboxylic acids is 1. The normalized spacial score (nSPS) is 13.0. The van der Waals surface area contributed by atoms with Gasteiger partial charge in [-0.3, -0.25) is 4.79 Å². The minimum Gasteiger partial charge on any atom is -0.314 e. The molecule has 0 saturated carbocycles.